The molecule has 0 aromatic carbocycles. The number of alkyl halides is 3. The molecule has 2 aliphatic rings. The van der Waals surface area contributed by atoms with Gasteiger partial charge in [-0.15, -0.1) is 22.7 Å². The van der Waals surface area contributed by atoms with E-state index in [9.17, 15) is 22.8 Å². The number of hydrogen-bond donors (Lipinski definition) is 2. The fourth-order valence-electron chi connectivity index (χ4n) is 4.67. The van der Waals surface area contributed by atoms with Gasteiger partial charge >= 0.3 is 12.1 Å². The molecule has 12 heteroatoms. The number of halogens is 3. The maximum Gasteiger partial charge on any atom is 0.410 e. The number of ether oxygens (including phenoxy) is 1. The Morgan fingerprint density at radius 3 is 2.75 bits per heavy atom. The number of nitrogens with zero attached hydrogens (tertiary/aromatic N) is 2. The lowest BCUT2D eigenvalue weighted by Gasteiger charge is -2.32. The van der Waals surface area contributed by atoms with Crippen molar-refractivity contribution in [2.45, 2.75) is 70.3 Å². The molecular weight excluding hydrogens is 513 g/mol. The molecule has 1 amide bonds. The molecular formula is C24H25F3N4O3S2. The van der Waals surface area contributed by atoms with Crippen molar-refractivity contribution in [2.24, 2.45) is 0 Å². The molecule has 5 rings (SSSR count). The van der Waals surface area contributed by atoms with Gasteiger partial charge < -0.3 is 15.4 Å². The van der Waals surface area contributed by atoms with E-state index in [0.29, 0.717) is 17.0 Å². The molecule has 1 aliphatic carbocycles. The molecule has 0 radical (unpaired) electrons. The number of rotatable bonds is 5. The van der Waals surface area contributed by atoms with Crippen molar-refractivity contribution in [3.05, 3.63) is 50.2 Å². The predicted octanol–water partition coefficient (Wildman–Crippen LogP) is 6.36. The van der Waals surface area contributed by atoms with Crippen LogP contribution >= 0.6 is 22.7 Å². The first-order valence-corrected chi connectivity index (χ1v) is 13.4. The van der Waals surface area contributed by atoms with Crippen LogP contribution in [-0.4, -0.2) is 33.9 Å². The Morgan fingerprint density at radius 2 is 2.06 bits per heavy atom. The zero-order chi connectivity index (χ0) is 25.6. The number of carbonyl (C=O) groups excluding carboxylic acids is 2. The summed E-state index contributed by atoms with van der Waals surface area (Å²) in [5.41, 5.74) is 1.06. The minimum absolute atomic E-state index is 0.122. The topological polar surface area (TPSA) is 85.2 Å². The lowest BCUT2D eigenvalue weighted by molar-refractivity contribution is -0.173. The molecule has 3 aromatic rings. The Hall–Kier alpha value is -2.86. The second-order valence-corrected chi connectivity index (χ2v) is 11.3. The summed E-state index contributed by atoms with van der Waals surface area (Å²) >= 11 is 2.69. The van der Waals surface area contributed by atoms with Crippen molar-refractivity contribution in [2.75, 3.05) is 10.6 Å². The molecule has 4 heterocycles. The van der Waals surface area contributed by atoms with E-state index < -0.39 is 30.1 Å². The highest BCUT2D eigenvalue weighted by molar-refractivity contribution is 7.17. The van der Waals surface area contributed by atoms with Gasteiger partial charge in [-0.25, -0.2) is 9.48 Å². The average molecular weight is 539 g/mol. The van der Waals surface area contributed by atoms with E-state index in [4.69, 9.17) is 4.74 Å². The summed E-state index contributed by atoms with van der Waals surface area (Å²) in [6, 6.07) is 2.49. The third-order valence-electron chi connectivity index (χ3n) is 6.25. The zero-order valence-electron chi connectivity index (χ0n) is 19.6. The number of amides is 1. The summed E-state index contributed by atoms with van der Waals surface area (Å²) in [7, 11) is 0. The van der Waals surface area contributed by atoms with Crippen LogP contribution in [0.4, 0.5) is 24.0 Å². The lowest BCUT2D eigenvalue weighted by Crippen LogP contribution is -2.35. The number of hydrogen-bond acceptors (Lipinski definition) is 7. The minimum atomic E-state index is -4.54. The summed E-state index contributed by atoms with van der Waals surface area (Å²) in [5.74, 6) is -1.07. The second-order valence-electron chi connectivity index (χ2n) is 9.19. The minimum Gasteiger partial charge on any atom is -0.459 e. The third kappa shape index (κ3) is 4.75. The molecule has 0 fully saturated rings. The average Bonchev–Trinajstić information content (AvgIpc) is 3.54. The Kier molecular flexibility index (Phi) is 6.58. The second kappa shape index (κ2) is 9.55. The first-order valence-electron chi connectivity index (χ1n) is 11.7. The quantitative estimate of drug-likeness (QED) is 0.369. The lowest BCUT2D eigenvalue weighted by atomic mass is 9.95. The van der Waals surface area contributed by atoms with Gasteiger partial charge in [-0.3, -0.25) is 4.79 Å². The van der Waals surface area contributed by atoms with Gasteiger partial charge in [0.1, 0.15) is 10.8 Å². The monoisotopic (exact) mass is 538 g/mol. The number of thiophene rings is 2. The van der Waals surface area contributed by atoms with Crippen LogP contribution < -0.4 is 10.6 Å². The van der Waals surface area contributed by atoms with Crippen molar-refractivity contribution < 1.29 is 27.5 Å². The van der Waals surface area contributed by atoms with Gasteiger partial charge in [0.25, 0.3) is 5.91 Å². The van der Waals surface area contributed by atoms with Crippen LogP contribution in [0.15, 0.2) is 23.6 Å². The van der Waals surface area contributed by atoms with Crippen LogP contribution in [0, 0.1) is 0 Å². The summed E-state index contributed by atoms with van der Waals surface area (Å²) in [4.78, 5) is 27.8. The Morgan fingerprint density at radius 1 is 1.28 bits per heavy atom. The smallest absolute Gasteiger partial charge is 0.410 e. The SMILES string of the molecule is CC(C)OC(=O)c1c(NC(=O)c2cc3n(n2)[C@@H](C(F)(F)F)C[C@H](c2cccs2)N3)sc2c1CCCC2. The van der Waals surface area contributed by atoms with Gasteiger partial charge in [-0.2, -0.15) is 18.3 Å². The summed E-state index contributed by atoms with van der Waals surface area (Å²) in [6.07, 6.45) is -1.66. The molecule has 0 saturated heterocycles. The van der Waals surface area contributed by atoms with E-state index in [0.717, 1.165) is 39.3 Å². The third-order valence-corrected chi connectivity index (χ3v) is 8.45. The summed E-state index contributed by atoms with van der Waals surface area (Å²) < 4.78 is 48.1. The number of carbonyl (C=O) groups is 2. The normalized spacial score (nSPS) is 19.4. The Bertz CT molecular complexity index is 1280. The summed E-state index contributed by atoms with van der Waals surface area (Å²) in [6.45, 7) is 3.50. The van der Waals surface area contributed by atoms with Gasteiger partial charge in [0, 0.05) is 22.2 Å². The molecule has 3 aromatic heterocycles. The highest BCUT2D eigenvalue weighted by atomic mass is 32.1. The molecule has 192 valence electrons. The van der Waals surface area contributed by atoms with Gasteiger partial charge in [-0.05, 0) is 56.5 Å². The van der Waals surface area contributed by atoms with E-state index in [-0.39, 0.29) is 24.0 Å². The van der Waals surface area contributed by atoms with Crippen LogP contribution in [0.1, 0.15) is 81.4 Å². The van der Waals surface area contributed by atoms with Crippen LogP contribution in [0.2, 0.25) is 0 Å². The van der Waals surface area contributed by atoms with Crippen molar-refractivity contribution in [1.82, 2.24) is 9.78 Å². The fourth-order valence-corrected chi connectivity index (χ4v) is 6.73. The van der Waals surface area contributed by atoms with Gasteiger partial charge in [0.15, 0.2) is 11.7 Å². The van der Waals surface area contributed by atoms with E-state index in [1.54, 1.807) is 26.0 Å². The maximum atomic E-state index is 13.9. The molecule has 2 N–H and O–H groups in total. The van der Waals surface area contributed by atoms with E-state index in [2.05, 4.69) is 15.7 Å². The standard InChI is InChI=1S/C24H25F3N4O3S2/c1-12(2)34-23(33)20-13-6-3-4-7-16(13)36-22(20)29-21(32)15-11-19-28-14(17-8-5-9-35-17)10-18(24(25,26)27)31(19)30-15/h5,8-9,11-12,14,18,28H,3-4,6-7,10H2,1-2H3,(H,29,32)/t14-,18-/m1/s1. The zero-order valence-corrected chi connectivity index (χ0v) is 21.3. The van der Waals surface area contributed by atoms with Gasteiger partial charge in [-0.1, -0.05) is 6.07 Å². The fraction of sp³-hybridized carbons (Fsp3) is 0.458. The molecule has 0 unspecified atom stereocenters. The highest BCUT2D eigenvalue weighted by Gasteiger charge is 2.47. The van der Waals surface area contributed by atoms with Crippen LogP contribution in [0.5, 0.6) is 0 Å². The predicted molar refractivity (Wildman–Crippen MR) is 132 cm³/mol. The molecule has 0 spiro atoms. The van der Waals surface area contributed by atoms with Gasteiger partial charge in [0.2, 0.25) is 0 Å². The maximum absolute atomic E-state index is 13.9. The number of nitrogens with one attached hydrogen (secondary N) is 2. The highest BCUT2D eigenvalue weighted by Crippen LogP contribution is 2.45. The number of anilines is 2. The van der Waals surface area contributed by atoms with E-state index in [1.807, 2.05) is 5.38 Å². The van der Waals surface area contributed by atoms with Crippen LogP contribution in [0.3, 0.4) is 0 Å². The number of esters is 1. The van der Waals surface area contributed by atoms with E-state index >= 15 is 0 Å². The summed E-state index contributed by atoms with van der Waals surface area (Å²) in [5, 5.41) is 12.0. The van der Waals surface area contributed by atoms with Crippen molar-refractivity contribution in [1.29, 1.82) is 0 Å². The van der Waals surface area contributed by atoms with Crippen molar-refractivity contribution in [3.63, 3.8) is 0 Å². The molecule has 1 aliphatic heterocycles. The first kappa shape index (κ1) is 24.8. The van der Waals surface area contributed by atoms with E-state index in [1.165, 1.54) is 28.7 Å². The van der Waals surface area contributed by atoms with Crippen LogP contribution in [-0.2, 0) is 17.6 Å². The molecule has 7 nitrogen and oxygen atoms in total. The Labute approximate surface area is 213 Å². The molecule has 2 atom stereocenters. The van der Waals surface area contributed by atoms with Crippen molar-refractivity contribution >= 4 is 45.4 Å². The number of aromatic nitrogens is 2. The Balaban J connectivity index is 1.45. The number of fused-ring (bicyclic) bond motifs is 2. The van der Waals surface area contributed by atoms with Crippen molar-refractivity contribution in [3.8, 4) is 0 Å². The van der Waals surface area contributed by atoms with Gasteiger partial charge in [0.05, 0.1) is 17.7 Å². The first-order chi connectivity index (χ1) is 17.1. The molecule has 0 saturated carbocycles. The number of aryl methyl sites for hydroxylation is 1. The van der Waals surface area contributed by atoms with Crippen LogP contribution in [0.25, 0.3) is 0 Å². The largest absolute Gasteiger partial charge is 0.459 e. The molecule has 0 bridgehead atoms. The molecule has 36 heavy (non-hydrogen) atoms.